The van der Waals surface area contributed by atoms with Gasteiger partial charge < -0.3 is 16.2 Å². The van der Waals surface area contributed by atoms with Crippen molar-refractivity contribution in [3.05, 3.63) is 0 Å². The Morgan fingerprint density at radius 3 is 2.67 bits per heavy atom. The average molecular weight is 256 g/mol. The molecule has 0 aromatic carbocycles. The number of nitrogens with one attached hydrogen (secondary N) is 1. The molecule has 4 N–H and O–H groups in total. The lowest BCUT2D eigenvalue weighted by Crippen LogP contribution is -2.57. The molecule has 3 atom stereocenters. The van der Waals surface area contributed by atoms with Gasteiger partial charge in [0.25, 0.3) is 0 Å². The van der Waals surface area contributed by atoms with Gasteiger partial charge in [-0.15, -0.1) is 0 Å². The Balaban J connectivity index is 2.73. The molecule has 0 saturated heterocycles. The molecule has 5 heteroatoms. The van der Waals surface area contributed by atoms with E-state index in [1.54, 1.807) is 13.8 Å². The van der Waals surface area contributed by atoms with Crippen molar-refractivity contribution in [2.24, 2.45) is 11.1 Å². The van der Waals surface area contributed by atoms with Crippen LogP contribution in [0.25, 0.3) is 0 Å². The number of hydrogen-bond donors (Lipinski definition) is 3. The average Bonchev–Trinajstić information content (AvgIpc) is 2.61. The fourth-order valence-electron chi connectivity index (χ4n) is 2.61. The van der Waals surface area contributed by atoms with E-state index in [1.807, 2.05) is 6.92 Å². The highest BCUT2D eigenvalue weighted by molar-refractivity contribution is 5.87. The van der Waals surface area contributed by atoms with Gasteiger partial charge in [-0.1, -0.05) is 19.8 Å². The summed E-state index contributed by atoms with van der Waals surface area (Å²) in [6, 6.07) is -0.317. The Kier molecular flexibility index (Phi) is 4.37. The summed E-state index contributed by atoms with van der Waals surface area (Å²) in [5.41, 5.74) is 4.17. The van der Waals surface area contributed by atoms with Gasteiger partial charge in [0.1, 0.15) is 0 Å². The minimum Gasteiger partial charge on any atom is -0.481 e. The first-order valence-corrected chi connectivity index (χ1v) is 6.57. The topological polar surface area (TPSA) is 92.4 Å². The number of carboxylic acid groups (broad SMARTS) is 1. The maximum atomic E-state index is 12.1. The highest BCUT2D eigenvalue weighted by Crippen LogP contribution is 2.38. The summed E-state index contributed by atoms with van der Waals surface area (Å²) in [5.74, 6) is -1.09. The van der Waals surface area contributed by atoms with E-state index < -0.39 is 16.9 Å². The number of carbonyl (C=O) groups is 2. The molecule has 0 aliphatic heterocycles. The van der Waals surface area contributed by atoms with E-state index in [2.05, 4.69) is 5.32 Å². The predicted molar refractivity (Wildman–Crippen MR) is 69.0 cm³/mol. The third-order valence-electron chi connectivity index (χ3n) is 4.04. The van der Waals surface area contributed by atoms with Crippen molar-refractivity contribution in [1.29, 1.82) is 0 Å². The van der Waals surface area contributed by atoms with Gasteiger partial charge in [0.05, 0.1) is 11.0 Å². The van der Waals surface area contributed by atoms with Crippen molar-refractivity contribution in [2.75, 3.05) is 0 Å². The lowest BCUT2D eigenvalue weighted by atomic mass is 9.84. The predicted octanol–water partition coefficient (Wildman–Crippen LogP) is 1.26. The van der Waals surface area contributed by atoms with E-state index in [4.69, 9.17) is 5.73 Å². The molecule has 0 heterocycles. The third-order valence-corrected chi connectivity index (χ3v) is 4.04. The van der Waals surface area contributed by atoms with Crippen molar-refractivity contribution in [1.82, 2.24) is 5.32 Å². The van der Waals surface area contributed by atoms with Gasteiger partial charge in [-0.05, 0) is 33.1 Å². The molecular weight excluding hydrogens is 232 g/mol. The quantitative estimate of drug-likeness (QED) is 0.690. The molecule has 0 aromatic heterocycles. The van der Waals surface area contributed by atoms with Gasteiger partial charge >= 0.3 is 5.97 Å². The summed E-state index contributed by atoms with van der Waals surface area (Å²) in [7, 11) is 0. The van der Waals surface area contributed by atoms with E-state index in [1.165, 1.54) is 0 Å². The van der Waals surface area contributed by atoms with E-state index in [0.717, 1.165) is 12.8 Å². The molecule has 104 valence electrons. The highest BCUT2D eigenvalue weighted by atomic mass is 16.4. The number of carboxylic acids is 1. The van der Waals surface area contributed by atoms with Gasteiger partial charge in [0.2, 0.25) is 5.91 Å². The van der Waals surface area contributed by atoms with E-state index >= 15 is 0 Å². The zero-order valence-electron chi connectivity index (χ0n) is 11.5. The molecular formula is C13H24N2O3. The second kappa shape index (κ2) is 5.26. The fourth-order valence-corrected chi connectivity index (χ4v) is 2.61. The second-order valence-corrected chi connectivity index (χ2v) is 5.81. The lowest BCUT2D eigenvalue weighted by Gasteiger charge is -2.31. The van der Waals surface area contributed by atoms with Crippen LogP contribution in [0.3, 0.4) is 0 Å². The molecule has 0 aromatic rings. The van der Waals surface area contributed by atoms with Crippen LogP contribution in [0.4, 0.5) is 0 Å². The number of amides is 1. The zero-order valence-corrected chi connectivity index (χ0v) is 11.5. The van der Waals surface area contributed by atoms with Crippen LogP contribution in [0, 0.1) is 5.41 Å². The maximum Gasteiger partial charge on any atom is 0.311 e. The van der Waals surface area contributed by atoms with E-state index in [0.29, 0.717) is 19.3 Å². The van der Waals surface area contributed by atoms with Crippen LogP contribution in [0.2, 0.25) is 0 Å². The summed E-state index contributed by atoms with van der Waals surface area (Å²) in [5, 5.41) is 12.1. The standard InChI is InChI=1S/C13H24N2O3/c1-4-7-13(3,14)10(16)15-9-6-5-8-12(9,2)11(17)18/h9H,4-8,14H2,1-3H3,(H,15,16)(H,17,18). The Morgan fingerprint density at radius 1 is 1.56 bits per heavy atom. The van der Waals surface area contributed by atoms with Crippen molar-refractivity contribution < 1.29 is 14.7 Å². The summed E-state index contributed by atoms with van der Waals surface area (Å²) in [6.07, 6.45) is 3.54. The van der Waals surface area contributed by atoms with Crippen molar-refractivity contribution in [3.63, 3.8) is 0 Å². The molecule has 1 saturated carbocycles. The van der Waals surface area contributed by atoms with Crippen molar-refractivity contribution in [3.8, 4) is 0 Å². The molecule has 1 aliphatic rings. The first-order valence-electron chi connectivity index (χ1n) is 6.57. The minimum absolute atomic E-state index is 0.247. The van der Waals surface area contributed by atoms with Crippen LogP contribution >= 0.6 is 0 Å². The largest absolute Gasteiger partial charge is 0.481 e. The second-order valence-electron chi connectivity index (χ2n) is 5.81. The van der Waals surface area contributed by atoms with Gasteiger partial charge in [-0.3, -0.25) is 9.59 Å². The molecule has 18 heavy (non-hydrogen) atoms. The summed E-state index contributed by atoms with van der Waals surface area (Å²) >= 11 is 0. The zero-order chi connectivity index (χ0) is 14.0. The molecule has 5 nitrogen and oxygen atoms in total. The molecule has 0 radical (unpaired) electrons. The van der Waals surface area contributed by atoms with E-state index in [9.17, 15) is 14.7 Å². The molecule has 1 aliphatic carbocycles. The summed E-state index contributed by atoms with van der Waals surface area (Å²) < 4.78 is 0. The summed E-state index contributed by atoms with van der Waals surface area (Å²) in [4.78, 5) is 23.4. The van der Waals surface area contributed by atoms with Gasteiger partial charge in [-0.25, -0.2) is 0 Å². The van der Waals surface area contributed by atoms with Crippen LogP contribution in [-0.2, 0) is 9.59 Å². The van der Waals surface area contributed by atoms with E-state index in [-0.39, 0.29) is 11.9 Å². The van der Waals surface area contributed by atoms with Gasteiger partial charge in [0, 0.05) is 6.04 Å². The number of nitrogens with two attached hydrogens (primary N) is 1. The molecule has 1 rings (SSSR count). The van der Waals surface area contributed by atoms with Gasteiger partial charge in [-0.2, -0.15) is 0 Å². The lowest BCUT2D eigenvalue weighted by molar-refractivity contribution is -0.149. The van der Waals surface area contributed by atoms with Crippen LogP contribution in [0.15, 0.2) is 0 Å². The number of rotatable bonds is 5. The monoisotopic (exact) mass is 256 g/mol. The molecule has 1 fully saturated rings. The molecule has 0 spiro atoms. The Hall–Kier alpha value is -1.10. The fraction of sp³-hybridized carbons (Fsp3) is 0.846. The maximum absolute atomic E-state index is 12.1. The first-order chi connectivity index (χ1) is 8.24. The normalized spacial score (nSPS) is 30.8. The van der Waals surface area contributed by atoms with Gasteiger partial charge in [0.15, 0.2) is 0 Å². The summed E-state index contributed by atoms with van der Waals surface area (Å²) in [6.45, 7) is 5.36. The van der Waals surface area contributed by atoms with Crippen molar-refractivity contribution >= 4 is 11.9 Å². The Labute approximate surface area is 108 Å². The van der Waals surface area contributed by atoms with Crippen LogP contribution in [0.5, 0.6) is 0 Å². The number of aliphatic carboxylic acids is 1. The molecule has 1 amide bonds. The third kappa shape index (κ3) is 2.83. The Morgan fingerprint density at radius 2 is 2.17 bits per heavy atom. The Bertz CT molecular complexity index is 341. The molecule has 0 bridgehead atoms. The number of carbonyl (C=O) groups excluding carboxylic acids is 1. The highest BCUT2D eigenvalue weighted by Gasteiger charge is 2.47. The smallest absolute Gasteiger partial charge is 0.311 e. The van der Waals surface area contributed by atoms with Crippen LogP contribution < -0.4 is 11.1 Å². The van der Waals surface area contributed by atoms with Crippen molar-refractivity contribution in [2.45, 2.75) is 64.5 Å². The van der Waals surface area contributed by atoms with Crippen LogP contribution in [-0.4, -0.2) is 28.6 Å². The molecule has 3 unspecified atom stereocenters. The minimum atomic E-state index is -0.920. The first kappa shape index (κ1) is 15.0. The SMILES string of the molecule is CCCC(C)(N)C(=O)NC1CCCC1(C)C(=O)O. The number of hydrogen-bond acceptors (Lipinski definition) is 3. The van der Waals surface area contributed by atoms with Crippen LogP contribution in [0.1, 0.15) is 52.9 Å².